The van der Waals surface area contributed by atoms with Crippen LogP contribution in [0.15, 0.2) is 30.5 Å². The Morgan fingerprint density at radius 2 is 1.85 bits per heavy atom. The number of carbonyl (C=O) groups excluding carboxylic acids is 1. The van der Waals surface area contributed by atoms with Gasteiger partial charge in [0, 0.05) is 17.7 Å². The zero-order chi connectivity index (χ0) is 19.0. The normalized spacial score (nSPS) is 18.3. The fraction of sp³-hybridized carbons (Fsp3) is 0.400. The molecule has 0 spiro atoms. The van der Waals surface area contributed by atoms with E-state index in [0.717, 1.165) is 36.8 Å². The number of carbonyl (C=O) groups is 1. The van der Waals surface area contributed by atoms with Crippen LogP contribution in [-0.2, 0) is 4.79 Å². The van der Waals surface area contributed by atoms with Gasteiger partial charge in [0.1, 0.15) is 5.82 Å². The maximum Gasteiger partial charge on any atom is 0.586 e. The van der Waals surface area contributed by atoms with Crippen LogP contribution in [-0.4, -0.2) is 17.2 Å². The van der Waals surface area contributed by atoms with E-state index in [1.165, 1.54) is 18.6 Å². The lowest BCUT2D eigenvalue weighted by molar-refractivity contribution is -0.286. The number of aryl methyl sites for hydroxylation is 1. The Labute approximate surface area is 155 Å². The van der Waals surface area contributed by atoms with Crippen LogP contribution < -0.4 is 14.8 Å². The Morgan fingerprint density at radius 3 is 2.52 bits per heavy atom. The molecular formula is C20H20F2N2O3. The summed E-state index contributed by atoms with van der Waals surface area (Å²) in [6, 6.07) is 6.55. The van der Waals surface area contributed by atoms with Gasteiger partial charge in [0.25, 0.3) is 0 Å². The lowest BCUT2D eigenvalue weighted by Gasteiger charge is -2.20. The second-order valence-corrected chi connectivity index (χ2v) is 7.04. The SMILES string of the molecule is Cc1cc2c(cc1-c1ccc(NC(=O)C3CCCCC3)nc1)OC(F)(F)O2. The summed E-state index contributed by atoms with van der Waals surface area (Å²) in [7, 11) is 0. The molecule has 5 nitrogen and oxygen atoms in total. The molecule has 1 fully saturated rings. The molecule has 2 heterocycles. The van der Waals surface area contributed by atoms with Gasteiger partial charge >= 0.3 is 6.29 Å². The highest BCUT2D eigenvalue weighted by molar-refractivity contribution is 5.91. The van der Waals surface area contributed by atoms with Gasteiger partial charge in [-0.1, -0.05) is 19.3 Å². The molecule has 2 aliphatic rings. The van der Waals surface area contributed by atoms with Gasteiger partial charge < -0.3 is 14.8 Å². The van der Waals surface area contributed by atoms with Crippen LogP contribution in [0.5, 0.6) is 11.5 Å². The molecule has 0 unspecified atom stereocenters. The number of hydrogen-bond donors (Lipinski definition) is 1. The number of rotatable bonds is 3. The summed E-state index contributed by atoms with van der Waals surface area (Å²) >= 11 is 0. The average Bonchev–Trinajstić information content (AvgIpc) is 2.95. The molecule has 2 aromatic rings. The molecule has 0 atom stereocenters. The monoisotopic (exact) mass is 374 g/mol. The number of pyridine rings is 1. The van der Waals surface area contributed by atoms with Gasteiger partial charge in [0.05, 0.1) is 0 Å². The van der Waals surface area contributed by atoms with Crippen molar-refractivity contribution in [3.05, 3.63) is 36.0 Å². The van der Waals surface area contributed by atoms with Gasteiger partial charge in [-0.05, 0) is 55.2 Å². The maximum absolute atomic E-state index is 13.2. The van der Waals surface area contributed by atoms with E-state index in [0.29, 0.717) is 11.4 Å². The predicted octanol–water partition coefficient (Wildman–Crippen LogP) is 4.90. The third-order valence-corrected chi connectivity index (χ3v) is 5.05. The number of anilines is 1. The van der Waals surface area contributed by atoms with E-state index in [-0.39, 0.29) is 23.3 Å². The first kappa shape index (κ1) is 17.7. The van der Waals surface area contributed by atoms with Crippen LogP contribution >= 0.6 is 0 Å². The third kappa shape index (κ3) is 3.72. The first-order valence-corrected chi connectivity index (χ1v) is 9.09. The van der Waals surface area contributed by atoms with Gasteiger partial charge in [-0.2, -0.15) is 0 Å². The predicted molar refractivity (Wildman–Crippen MR) is 95.8 cm³/mol. The van der Waals surface area contributed by atoms with Gasteiger partial charge in [0.15, 0.2) is 11.5 Å². The van der Waals surface area contributed by atoms with Crippen LogP contribution in [0.4, 0.5) is 14.6 Å². The Balaban J connectivity index is 1.50. The molecule has 1 aliphatic heterocycles. The molecule has 1 saturated carbocycles. The lowest BCUT2D eigenvalue weighted by atomic mass is 9.89. The molecule has 1 amide bonds. The van der Waals surface area contributed by atoms with Crippen LogP contribution in [0.25, 0.3) is 11.1 Å². The lowest BCUT2D eigenvalue weighted by Crippen LogP contribution is -2.25. The number of amides is 1. The summed E-state index contributed by atoms with van der Waals surface area (Å²) in [6.07, 6.45) is 3.19. The van der Waals surface area contributed by atoms with Crippen LogP contribution in [0.2, 0.25) is 0 Å². The van der Waals surface area contributed by atoms with Crippen LogP contribution in [0.3, 0.4) is 0 Å². The quantitative estimate of drug-likeness (QED) is 0.830. The molecule has 27 heavy (non-hydrogen) atoms. The Kier molecular flexibility index (Phi) is 4.45. The number of nitrogens with zero attached hydrogens (tertiary/aromatic N) is 1. The van der Waals surface area contributed by atoms with Crippen molar-refractivity contribution in [3.63, 3.8) is 0 Å². The van der Waals surface area contributed by atoms with Crippen molar-refractivity contribution < 1.29 is 23.0 Å². The first-order valence-electron chi connectivity index (χ1n) is 9.09. The van der Waals surface area contributed by atoms with Crippen molar-refractivity contribution >= 4 is 11.7 Å². The number of aromatic nitrogens is 1. The van der Waals surface area contributed by atoms with Crippen molar-refractivity contribution in [3.8, 4) is 22.6 Å². The largest absolute Gasteiger partial charge is 0.586 e. The van der Waals surface area contributed by atoms with Crippen molar-refractivity contribution in [1.82, 2.24) is 4.98 Å². The average molecular weight is 374 g/mol. The minimum atomic E-state index is -3.64. The maximum atomic E-state index is 13.2. The van der Waals surface area contributed by atoms with E-state index in [1.807, 2.05) is 0 Å². The minimum absolute atomic E-state index is 0.00437. The molecule has 142 valence electrons. The molecule has 0 radical (unpaired) electrons. The number of fused-ring (bicyclic) bond motifs is 1. The number of nitrogens with one attached hydrogen (secondary N) is 1. The van der Waals surface area contributed by atoms with E-state index < -0.39 is 6.29 Å². The van der Waals surface area contributed by atoms with Gasteiger partial charge in [0.2, 0.25) is 5.91 Å². The second kappa shape index (κ2) is 6.79. The third-order valence-electron chi connectivity index (χ3n) is 5.05. The van der Waals surface area contributed by atoms with Crippen molar-refractivity contribution in [2.45, 2.75) is 45.3 Å². The first-order chi connectivity index (χ1) is 12.9. The summed E-state index contributed by atoms with van der Waals surface area (Å²) in [6.45, 7) is 1.80. The summed E-state index contributed by atoms with van der Waals surface area (Å²) < 4.78 is 35.5. The van der Waals surface area contributed by atoms with Crippen LogP contribution in [0, 0.1) is 12.8 Å². The molecule has 4 rings (SSSR count). The van der Waals surface area contributed by atoms with Crippen LogP contribution in [0.1, 0.15) is 37.7 Å². The highest BCUT2D eigenvalue weighted by Crippen LogP contribution is 2.44. The summed E-state index contributed by atoms with van der Waals surface area (Å²) in [5, 5.41) is 2.86. The Hall–Kier alpha value is -2.70. The van der Waals surface area contributed by atoms with Gasteiger partial charge in [-0.25, -0.2) is 4.98 Å². The van der Waals surface area contributed by atoms with Crippen molar-refractivity contribution in [2.24, 2.45) is 5.92 Å². The Bertz CT molecular complexity index is 862. The minimum Gasteiger partial charge on any atom is -0.395 e. The molecule has 1 N–H and O–H groups in total. The number of benzene rings is 1. The number of ether oxygens (including phenoxy) is 2. The molecule has 1 aliphatic carbocycles. The van der Waals surface area contributed by atoms with Crippen molar-refractivity contribution in [1.29, 1.82) is 0 Å². The van der Waals surface area contributed by atoms with Gasteiger partial charge in [-0.15, -0.1) is 8.78 Å². The molecule has 1 aromatic carbocycles. The standard InChI is InChI=1S/C20H20F2N2O3/c1-12-9-16-17(27-20(21,22)26-16)10-15(12)14-7-8-18(23-11-14)24-19(25)13-5-3-2-4-6-13/h7-11,13H,2-6H2,1H3,(H,23,24,25). The van der Waals surface area contributed by atoms with E-state index in [4.69, 9.17) is 0 Å². The highest BCUT2D eigenvalue weighted by atomic mass is 19.3. The van der Waals surface area contributed by atoms with E-state index >= 15 is 0 Å². The molecular weight excluding hydrogens is 354 g/mol. The van der Waals surface area contributed by atoms with E-state index in [2.05, 4.69) is 19.8 Å². The van der Waals surface area contributed by atoms with E-state index in [9.17, 15) is 13.6 Å². The number of hydrogen-bond acceptors (Lipinski definition) is 4. The number of alkyl halides is 2. The summed E-state index contributed by atoms with van der Waals surface area (Å²) in [4.78, 5) is 16.6. The van der Waals surface area contributed by atoms with E-state index in [1.54, 1.807) is 25.3 Å². The molecule has 0 saturated heterocycles. The summed E-state index contributed by atoms with van der Waals surface area (Å²) in [5.41, 5.74) is 2.22. The number of halogens is 2. The zero-order valence-corrected chi connectivity index (χ0v) is 14.9. The van der Waals surface area contributed by atoms with Crippen molar-refractivity contribution in [2.75, 3.05) is 5.32 Å². The summed E-state index contributed by atoms with van der Waals surface area (Å²) in [5.74, 6) is 0.564. The molecule has 7 heteroatoms. The topological polar surface area (TPSA) is 60.5 Å². The smallest absolute Gasteiger partial charge is 0.395 e. The molecule has 1 aromatic heterocycles. The highest BCUT2D eigenvalue weighted by Gasteiger charge is 2.43. The zero-order valence-electron chi connectivity index (χ0n) is 14.9. The van der Waals surface area contributed by atoms with Gasteiger partial charge in [-0.3, -0.25) is 4.79 Å². The fourth-order valence-electron chi connectivity index (χ4n) is 3.63. The molecule has 0 bridgehead atoms. The fourth-order valence-corrected chi connectivity index (χ4v) is 3.63. The Morgan fingerprint density at radius 1 is 1.15 bits per heavy atom. The second-order valence-electron chi connectivity index (χ2n) is 7.04.